The van der Waals surface area contributed by atoms with Gasteiger partial charge in [0.05, 0.1) is 6.20 Å². The first-order valence-electron chi connectivity index (χ1n) is 5.64. The molecule has 2 aromatic heterocycles. The lowest BCUT2D eigenvalue weighted by molar-refractivity contribution is 0.524. The van der Waals surface area contributed by atoms with E-state index in [1.165, 1.54) is 6.20 Å². The topological polar surface area (TPSA) is 123 Å². The van der Waals surface area contributed by atoms with Gasteiger partial charge in [0.2, 0.25) is 0 Å². The van der Waals surface area contributed by atoms with E-state index in [0.717, 1.165) is 6.42 Å². The lowest BCUT2D eigenvalue weighted by Gasteiger charge is -2.08. The van der Waals surface area contributed by atoms with Crippen molar-refractivity contribution in [1.29, 1.82) is 0 Å². The Balaban J connectivity index is 2.11. The molecule has 0 amide bonds. The zero-order valence-electron chi connectivity index (χ0n) is 9.92. The van der Waals surface area contributed by atoms with E-state index in [9.17, 15) is 4.79 Å². The third kappa shape index (κ3) is 2.67. The van der Waals surface area contributed by atoms with E-state index >= 15 is 0 Å². The van der Waals surface area contributed by atoms with Crippen LogP contribution in [0.5, 0.6) is 0 Å². The minimum atomic E-state index is -0.189. The van der Waals surface area contributed by atoms with E-state index in [4.69, 9.17) is 5.53 Å². The Morgan fingerprint density at radius 1 is 1.61 bits per heavy atom. The first-order valence-corrected chi connectivity index (χ1v) is 5.64. The summed E-state index contributed by atoms with van der Waals surface area (Å²) in [5, 5.41) is 10.4. The van der Waals surface area contributed by atoms with Gasteiger partial charge in [-0.3, -0.25) is 9.89 Å². The van der Waals surface area contributed by atoms with Gasteiger partial charge in [-0.25, -0.2) is 4.98 Å². The van der Waals surface area contributed by atoms with Crippen molar-refractivity contribution in [2.45, 2.75) is 19.8 Å². The van der Waals surface area contributed by atoms with Crippen molar-refractivity contribution in [1.82, 2.24) is 20.2 Å². The molecule has 8 heteroatoms. The third-order valence-corrected chi connectivity index (χ3v) is 2.70. The first kappa shape index (κ1) is 12.1. The molecule has 0 aromatic carbocycles. The summed E-state index contributed by atoms with van der Waals surface area (Å²) in [5.41, 5.74) is 8.49. The van der Waals surface area contributed by atoms with Crippen LogP contribution in [-0.2, 0) is 6.42 Å². The molecule has 0 fully saturated rings. The molecule has 0 spiro atoms. The minimum Gasteiger partial charge on any atom is -0.310 e. The van der Waals surface area contributed by atoms with Crippen molar-refractivity contribution in [3.63, 3.8) is 0 Å². The van der Waals surface area contributed by atoms with E-state index in [-0.39, 0.29) is 11.5 Å². The fraction of sp³-hybridized carbons (Fsp3) is 0.500. The number of nitrogens with zero attached hydrogens (tertiary/aromatic N) is 5. The normalized spacial score (nSPS) is 12.3. The summed E-state index contributed by atoms with van der Waals surface area (Å²) in [6.45, 7) is 2.47. The van der Waals surface area contributed by atoms with Gasteiger partial charge in [0, 0.05) is 17.9 Å². The monoisotopic (exact) mass is 247 g/mol. The predicted molar refractivity (Wildman–Crippen MR) is 66.0 cm³/mol. The number of nitrogens with one attached hydrogen (secondary N) is 2. The number of hydrogen-bond donors (Lipinski definition) is 2. The van der Waals surface area contributed by atoms with Gasteiger partial charge < -0.3 is 4.98 Å². The number of azide groups is 1. The smallest absolute Gasteiger partial charge is 0.262 e. The van der Waals surface area contributed by atoms with E-state index in [1.807, 2.05) is 6.92 Å². The average molecular weight is 247 g/mol. The molecule has 0 aliphatic heterocycles. The maximum Gasteiger partial charge on any atom is 0.262 e. The minimum absolute atomic E-state index is 0.189. The van der Waals surface area contributed by atoms with Crippen LogP contribution in [0.15, 0.2) is 16.1 Å². The Labute approximate surface area is 102 Å². The van der Waals surface area contributed by atoms with Crippen molar-refractivity contribution in [3.05, 3.63) is 32.8 Å². The largest absolute Gasteiger partial charge is 0.310 e. The van der Waals surface area contributed by atoms with Crippen molar-refractivity contribution in [2.24, 2.45) is 11.0 Å². The standard InChI is InChI=1S/C10H13N7O/c1-6(2-3-12-17-11)4-8-14-9-7(5-13-16-9)10(18)15-8/h5-6H,2-4H2,1H3,(H2,13,14,15,16,18). The van der Waals surface area contributed by atoms with Crippen LogP contribution >= 0.6 is 0 Å². The molecule has 0 saturated carbocycles. The lowest BCUT2D eigenvalue weighted by atomic mass is 10.0. The Bertz CT molecular complexity index is 637. The van der Waals surface area contributed by atoms with E-state index in [2.05, 4.69) is 30.2 Å². The summed E-state index contributed by atoms with van der Waals surface area (Å²) >= 11 is 0. The van der Waals surface area contributed by atoms with Gasteiger partial charge in [-0.2, -0.15) is 5.10 Å². The van der Waals surface area contributed by atoms with Crippen molar-refractivity contribution in [3.8, 4) is 0 Å². The highest BCUT2D eigenvalue weighted by Crippen LogP contribution is 2.09. The zero-order valence-corrected chi connectivity index (χ0v) is 9.92. The van der Waals surface area contributed by atoms with Crippen LogP contribution in [0.25, 0.3) is 21.5 Å². The summed E-state index contributed by atoms with van der Waals surface area (Å²) in [4.78, 5) is 21.4. The summed E-state index contributed by atoms with van der Waals surface area (Å²) in [7, 11) is 0. The van der Waals surface area contributed by atoms with Crippen molar-refractivity contribution < 1.29 is 0 Å². The quantitative estimate of drug-likeness (QED) is 0.473. The molecule has 2 rings (SSSR count). The van der Waals surface area contributed by atoms with E-state index < -0.39 is 0 Å². The van der Waals surface area contributed by atoms with Crippen LogP contribution < -0.4 is 5.56 Å². The van der Waals surface area contributed by atoms with Crippen LogP contribution in [0.4, 0.5) is 0 Å². The molecule has 2 heterocycles. The Hall–Kier alpha value is -2.34. The lowest BCUT2D eigenvalue weighted by Crippen LogP contribution is -2.14. The Morgan fingerprint density at radius 3 is 3.22 bits per heavy atom. The van der Waals surface area contributed by atoms with Crippen LogP contribution in [0.1, 0.15) is 19.2 Å². The molecular formula is C10H13N7O. The van der Waals surface area contributed by atoms with Gasteiger partial charge in [0.15, 0.2) is 5.65 Å². The van der Waals surface area contributed by atoms with E-state index in [1.54, 1.807) is 0 Å². The van der Waals surface area contributed by atoms with Crippen LogP contribution in [0.3, 0.4) is 0 Å². The second-order valence-corrected chi connectivity index (χ2v) is 4.20. The molecule has 94 valence electrons. The van der Waals surface area contributed by atoms with Gasteiger partial charge in [-0.1, -0.05) is 12.0 Å². The molecule has 2 N–H and O–H groups in total. The van der Waals surface area contributed by atoms with Crippen LogP contribution in [0.2, 0.25) is 0 Å². The first-order chi connectivity index (χ1) is 8.70. The molecule has 0 radical (unpaired) electrons. The molecule has 0 saturated heterocycles. The number of aromatic amines is 2. The molecule has 8 nitrogen and oxygen atoms in total. The second kappa shape index (κ2) is 5.33. The molecule has 1 unspecified atom stereocenters. The molecule has 2 aromatic rings. The van der Waals surface area contributed by atoms with Crippen LogP contribution in [-0.4, -0.2) is 26.7 Å². The van der Waals surface area contributed by atoms with Crippen molar-refractivity contribution >= 4 is 11.0 Å². The van der Waals surface area contributed by atoms with Gasteiger partial charge in [0.25, 0.3) is 5.56 Å². The molecular weight excluding hydrogens is 234 g/mol. The zero-order chi connectivity index (χ0) is 13.0. The maximum absolute atomic E-state index is 11.7. The number of H-pyrrole nitrogens is 2. The second-order valence-electron chi connectivity index (χ2n) is 4.20. The summed E-state index contributed by atoms with van der Waals surface area (Å²) < 4.78 is 0. The van der Waals surface area contributed by atoms with Crippen LogP contribution in [0, 0.1) is 5.92 Å². The highest BCUT2D eigenvalue weighted by Gasteiger charge is 2.09. The number of rotatable bonds is 5. The van der Waals surface area contributed by atoms with Gasteiger partial charge >= 0.3 is 0 Å². The van der Waals surface area contributed by atoms with E-state index in [0.29, 0.717) is 29.8 Å². The summed E-state index contributed by atoms with van der Waals surface area (Å²) in [5.74, 6) is 0.893. The predicted octanol–water partition coefficient (Wildman–Crippen LogP) is 1.53. The fourth-order valence-corrected chi connectivity index (χ4v) is 1.74. The van der Waals surface area contributed by atoms with Gasteiger partial charge in [-0.15, -0.1) is 0 Å². The summed E-state index contributed by atoms with van der Waals surface area (Å²) in [6, 6.07) is 0. The molecule has 0 aliphatic carbocycles. The number of aromatic nitrogens is 4. The molecule has 1 atom stereocenters. The molecule has 0 aliphatic rings. The Morgan fingerprint density at radius 2 is 2.44 bits per heavy atom. The molecule has 0 bridgehead atoms. The van der Waals surface area contributed by atoms with Crippen molar-refractivity contribution in [2.75, 3.05) is 6.54 Å². The number of hydrogen-bond acceptors (Lipinski definition) is 4. The SMILES string of the molecule is CC(CCN=[N+]=[N-])Cc1nc2[nH]ncc2c(=O)[nH]1. The van der Waals surface area contributed by atoms with Gasteiger partial charge in [0.1, 0.15) is 11.2 Å². The molecule has 18 heavy (non-hydrogen) atoms. The highest BCUT2D eigenvalue weighted by molar-refractivity contribution is 5.71. The Kier molecular flexibility index (Phi) is 3.59. The maximum atomic E-state index is 11.7. The summed E-state index contributed by atoms with van der Waals surface area (Å²) in [6.07, 6.45) is 2.84. The average Bonchev–Trinajstić information content (AvgIpc) is 2.78. The fourth-order valence-electron chi connectivity index (χ4n) is 1.74. The highest BCUT2D eigenvalue weighted by atomic mass is 16.1. The number of fused-ring (bicyclic) bond motifs is 1. The van der Waals surface area contributed by atoms with Gasteiger partial charge in [-0.05, 0) is 17.9 Å². The third-order valence-electron chi connectivity index (χ3n) is 2.70.